The second-order valence-corrected chi connectivity index (χ2v) is 5.96. The number of aromatic nitrogens is 2. The maximum absolute atomic E-state index is 11.9. The van der Waals surface area contributed by atoms with Crippen molar-refractivity contribution >= 4 is 40.6 Å². The van der Waals surface area contributed by atoms with E-state index in [4.69, 9.17) is 5.73 Å². The molecule has 0 spiro atoms. The molecule has 0 unspecified atom stereocenters. The Morgan fingerprint density at radius 2 is 2.26 bits per heavy atom. The number of anilines is 2. The summed E-state index contributed by atoms with van der Waals surface area (Å²) in [6.45, 7) is 3.74. The van der Waals surface area contributed by atoms with Crippen molar-refractivity contribution in [2.45, 2.75) is 18.2 Å². The molecule has 0 bridgehead atoms. The van der Waals surface area contributed by atoms with E-state index in [0.717, 1.165) is 15.7 Å². The van der Waals surface area contributed by atoms with Crippen LogP contribution in [0.15, 0.2) is 22.5 Å². The van der Waals surface area contributed by atoms with Gasteiger partial charge in [-0.3, -0.25) is 4.79 Å². The zero-order chi connectivity index (χ0) is 13.8. The number of hydrogen-bond acceptors (Lipinski definition) is 6. The molecular weight excluding hydrogens is 280 g/mol. The van der Waals surface area contributed by atoms with Gasteiger partial charge in [-0.2, -0.15) is 4.37 Å². The van der Waals surface area contributed by atoms with Gasteiger partial charge >= 0.3 is 0 Å². The molecule has 1 heterocycles. The van der Waals surface area contributed by atoms with E-state index >= 15 is 0 Å². The van der Waals surface area contributed by atoms with Crippen molar-refractivity contribution in [2.24, 2.45) is 0 Å². The molecule has 2 rings (SSSR count). The predicted molar refractivity (Wildman–Crippen MR) is 79.6 cm³/mol. The van der Waals surface area contributed by atoms with Crippen LogP contribution in [0, 0.1) is 13.8 Å². The molecule has 1 aromatic carbocycles. The number of hydrogen-bond donors (Lipinski definition) is 2. The van der Waals surface area contributed by atoms with Gasteiger partial charge in [0.2, 0.25) is 5.91 Å². The Bertz CT molecular complexity index is 577. The van der Waals surface area contributed by atoms with Gasteiger partial charge in [-0.25, -0.2) is 4.98 Å². The highest BCUT2D eigenvalue weighted by Gasteiger charge is 2.09. The Labute approximate surface area is 119 Å². The van der Waals surface area contributed by atoms with E-state index < -0.39 is 0 Å². The van der Waals surface area contributed by atoms with Crippen molar-refractivity contribution in [3.63, 3.8) is 0 Å². The Hall–Kier alpha value is -1.60. The molecular formula is C12H14N4OS2. The fraction of sp³-hybridized carbons (Fsp3) is 0.250. The molecule has 0 fully saturated rings. The Balaban J connectivity index is 1.94. The number of para-hydroxylation sites is 1. The van der Waals surface area contributed by atoms with Gasteiger partial charge < -0.3 is 11.1 Å². The number of nitrogens with two attached hydrogens (primary N) is 1. The van der Waals surface area contributed by atoms with Crippen molar-refractivity contribution in [3.05, 3.63) is 29.6 Å². The molecule has 2 aromatic rings. The van der Waals surface area contributed by atoms with Crippen LogP contribution >= 0.6 is 23.3 Å². The van der Waals surface area contributed by atoms with Crippen LogP contribution in [0.3, 0.4) is 0 Å². The fourth-order valence-electron chi connectivity index (χ4n) is 1.50. The largest absolute Gasteiger partial charge is 0.397 e. The van der Waals surface area contributed by atoms with Crippen molar-refractivity contribution in [3.8, 4) is 0 Å². The molecule has 100 valence electrons. The van der Waals surface area contributed by atoms with Crippen LogP contribution < -0.4 is 11.1 Å². The van der Waals surface area contributed by atoms with Crippen molar-refractivity contribution in [1.29, 1.82) is 0 Å². The number of benzene rings is 1. The van der Waals surface area contributed by atoms with E-state index in [1.54, 1.807) is 6.07 Å². The van der Waals surface area contributed by atoms with Gasteiger partial charge in [0.1, 0.15) is 5.82 Å². The minimum Gasteiger partial charge on any atom is -0.397 e. The van der Waals surface area contributed by atoms with Crippen LogP contribution in [0.2, 0.25) is 0 Å². The lowest BCUT2D eigenvalue weighted by Crippen LogP contribution is -2.16. The lowest BCUT2D eigenvalue weighted by Gasteiger charge is -2.10. The van der Waals surface area contributed by atoms with Crippen molar-refractivity contribution < 1.29 is 4.79 Å². The summed E-state index contributed by atoms with van der Waals surface area (Å²) in [5.41, 5.74) is 8.04. The number of carbonyl (C=O) groups excluding carboxylic acids is 1. The summed E-state index contributed by atoms with van der Waals surface area (Å²) in [7, 11) is 0. The van der Waals surface area contributed by atoms with Gasteiger partial charge in [-0.1, -0.05) is 23.9 Å². The molecule has 0 saturated carbocycles. The number of rotatable bonds is 4. The van der Waals surface area contributed by atoms with Gasteiger partial charge in [-0.15, -0.1) is 0 Å². The quantitative estimate of drug-likeness (QED) is 0.669. The van der Waals surface area contributed by atoms with Crippen molar-refractivity contribution in [2.75, 3.05) is 16.8 Å². The first-order chi connectivity index (χ1) is 9.06. The molecule has 5 nitrogen and oxygen atoms in total. The average Bonchev–Trinajstić information content (AvgIpc) is 2.77. The molecule has 3 N–H and O–H groups in total. The van der Waals surface area contributed by atoms with Crippen LogP contribution in [0.1, 0.15) is 11.4 Å². The highest BCUT2D eigenvalue weighted by molar-refractivity contribution is 8.01. The molecule has 0 aliphatic rings. The second-order valence-electron chi connectivity index (χ2n) is 3.98. The number of nitrogen functional groups attached to an aromatic ring is 1. The van der Waals surface area contributed by atoms with Crippen LogP contribution in [-0.2, 0) is 4.79 Å². The summed E-state index contributed by atoms with van der Waals surface area (Å²) in [5, 5.41) is 2.83. The number of aryl methyl sites for hydroxylation is 2. The minimum atomic E-state index is -0.0983. The van der Waals surface area contributed by atoms with E-state index in [0.29, 0.717) is 17.1 Å². The lowest BCUT2D eigenvalue weighted by atomic mass is 10.1. The van der Waals surface area contributed by atoms with E-state index in [2.05, 4.69) is 14.7 Å². The van der Waals surface area contributed by atoms with E-state index in [9.17, 15) is 4.79 Å². The monoisotopic (exact) mass is 294 g/mol. The van der Waals surface area contributed by atoms with Gasteiger partial charge in [0.05, 0.1) is 17.1 Å². The standard InChI is InChI=1S/C12H14N4OS2/c1-7-4-3-5-9(13)11(7)15-10(17)6-18-12-14-8(2)16-19-12/h3-5H,6,13H2,1-2H3,(H,15,17). The summed E-state index contributed by atoms with van der Waals surface area (Å²) < 4.78 is 4.86. The summed E-state index contributed by atoms with van der Waals surface area (Å²) in [6, 6.07) is 5.54. The Morgan fingerprint density at radius 1 is 1.47 bits per heavy atom. The van der Waals surface area contributed by atoms with Crippen molar-refractivity contribution in [1.82, 2.24) is 9.36 Å². The summed E-state index contributed by atoms with van der Waals surface area (Å²) in [4.78, 5) is 16.1. The topological polar surface area (TPSA) is 80.9 Å². The Kier molecular flexibility index (Phi) is 4.39. The number of nitrogens with zero attached hydrogens (tertiary/aromatic N) is 2. The summed E-state index contributed by atoms with van der Waals surface area (Å²) in [6.07, 6.45) is 0. The minimum absolute atomic E-state index is 0.0983. The second kappa shape index (κ2) is 6.03. The first kappa shape index (κ1) is 13.8. The molecule has 0 atom stereocenters. The van der Waals surface area contributed by atoms with Crippen LogP contribution in [0.25, 0.3) is 0 Å². The fourth-order valence-corrected chi connectivity index (χ4v) is 2.95. The number of amides is 1. The smallest absolute Gasteiger partial charge is 0.234 e. The van der Waals surface area contributed by atoms with Gasteiger partial charge in [-0.05, 0) is 37.0 Å². The van der Waals surface area contributed by atoms with Crippen LogP contribution in [0.5, 0.6) is 0 Å². The normalized spacial score (nSPS) is 10.4. The number of thioether (sulfide) groups is 1. The third-order valence-corrected chi connectivity index (χ3v) is 4.33. The third kappa shape index (κ3) is 3.68. The van der Waals surface area contributed by atoms with Crippen LogP contribution in [0.4, 0.5) is 11.4 Å². The Morgan fingerprint density at radius 3 is 2.89 bits per heavy atom. The van der Waals surface area contributed by atoms with Crippen LogP contribution in [-0.4, -0.2) is 21.0 Å². The predicted octanol–water partition coefficient (Wildman–Crippen LogP) is 2.47. The third-order valence-electron chi connectivity index (χ3n) is 2.41. The molecule has 19 heavy (non-hydrogen) atoms. The zero-order valence-electron chi connectivity index (χ0n) is 10.6. The van der Waals surface area contributed by atoms with E-state index in [1.165, 1.54) is 23.3 Å². The molecule has 0 aliphatic carbocycles. The number of carbonyl (C=O) groups is 1. The first-order valence-corrected chi connectivity index (χ1v) is 7.40. The molecule has 1 aromatic heterocycles. The molecule has 0 aliphatic heterocycles. The zero-order valence-corrected chi connectivity index (χ0v) is 12.3. The molecule has 0 saturated heterocycles. The lowest BCUT2D eigenvalue weighted by molar-refractivity contribution is -0.113. The number of nitrogens with one attached hydrogen (secondary N) is 1. The average molecular weight is 294 g/mol. The summed E-state index contributed by atoms with van der Waals surface area (Å²) in [5.74, 6) is 0.928. The first-order valence-electron chi connectivity index (χ1n) is 5.64. The van der Waals surface area contributed by atoms with Gasteiger partial charge in [0.25, 0.3) is 0 Å². The molecule has 1 amide bonds. The summed E-state index contributed by atoms with van der Waals surface area (Å²) >= 11 is 2.67. The maximum atomic E-state index is 11.9. The van der Waals surface area contributed by atoms with E-state index in [-0.39, 0.29) is 5.91 Å². The van der Waals surface area contributed by atoms with Gasteiger partial charge in [0, 0.05) is 0 Å². The highest BCUT2D eigenvalue weighted by Crippen LogP contribution is 2.24. The maximum Gasteiger partial charge on any atom is 0.234 e. The SMILES string of the molecule is Cc1nsc(SCC(=O)Nc2c(C)cccc2N)n1. The molecule has 0 radical (unpaired) electrons. The highest BCUT2D eigenvalue weighted by atomic mass is 32.2. The molecule has 7 heteroatoms. The van der Waals surface area contributed by atoms with Gasteiger partial charge in [0.15, 0.2) is 4.34 Å². The van der Waals surface area contributed by atoms with E-state index in [1.807, 2.05) is 26.0 Å².